The standard InChI is InChI=1S/C9H9NO/c1-7(2)8-4-3-5-9(6-8)10-11/h3-6H,1H2,2H3. The van der Waals surface area contributed by atoms with Gasteiger partial charge in [0.05, 0.1) is 0 Å². The van der Waals surface area contributed by atoms with Crippen LogP contribution in [0, 0.1) is 4.91 Å². The number of hydrogen-bond acceptors (Lipinski definition) is 2. The molecule has 0 aliphatic carbocycles. The minimum atomic E-state index is 0.450. The van der Waals surface area contributed by atoms with Crippen LogP contribution < -0.4 is 0 Å². The number of nitroso groups, excluding NO2 is 1. The maximum atomic E-state index is 10.1. The van der Waals surface area contributed by atoms with E-state index < -0.39 is 0 Å². The van der Waals surface area contributed by atoms with Crippen molar-refractivity contribution in [2.45, 2.75) is 6.92 Å². The summed E-state index contributed by atoms with van der Waals surface area (Å²) >= 11 is 0. The normalized spacial score (nSPS) is 9.18. The summed E-state index contributed by atoms with van der Waals surface area (Å²) in [6.45, 7) is 5.65. The van der Waals surface area contributed by atoms with Crippen molar-refractivity contribution in [3.05, 3.63) is 41.3 Å². The molecule has 0 saturated heterocycles. The van der Waals surface area contributed by atoms with Gasteiger partial charge in [0, 0.05) is 0 Å². The number of benzene rings is 1. The van der Waals surface area contributed by atoms with Crippen molar-refractivity contribution in [3.8, 4) is 0 Å². The molecule has 0 spiro atoms. The Labute approximate surface area is 65.5 Å². The molecule has 1 aromatic carbocycles. The Kier molecular flexibility index (Phi) is 2.16. The largest absolute Gasteiger partial charge is 0.145 e. The van der Waals surface area contributed by atoms with Crippen molar-refractivity contribution in [1.29, 1.82) is 0 Å². The Balaban J connectivity index is 3.10. The minimum absolute atomic E-state index is 0.450. The van der Waals surface area contributed by atoms with Gasteiger partial charge < -0.3 is 0 Å². The Morgan fingerprint density at radius 1 is 1.55 bits per heavy atom. The van der Waals surface area contributed by atoms with E-state index in [4.69, 9.17) is 0 Å². The van der Waals surface area contributed by atoms with Crippen LogP contribution in [0.5, 0.6) is 0 Å². The quantitative estimate of drug-likeness (QED) is 0.591. The first-order valence-corrected chi connectivity index (χ1v) is 3.33. The van der Waals surface area contributed by atoms with Gasteiger partial charge in [-0.25, -0.2) is 0 Å². The van der Waals surface area contributed by atoms with Gasteiger partial charge in [-0.3, -0.25) is 0 Å². The molecular formula is C9H9NO. The summed E-state index contributed by atoms with van der Waals surface area (Å²) in [5.74, 6) is 0. The lowest BCUT2D eigenvalue weighted by Gasteiger charge is -1.97. The zero-order valence-corrected chi connectivity index (χ0v) is 6.37. The second kappa shape index (κ2) is 3.10. The minimum Gasteiger partial charge on any atom is -0.145 e. The average Bonchev–Trinajstić information content (AvgIpc) is 2.05. The third-order valence-corrected chi connectivity index (χ3v) is 1.44. The van der Waals surface area contributed by atoms with Crippen molar-refractivity contribution in [3.63, 3.8) is 0 Å². The topological polar surface area (TPSA) is 29.4 Å². The lowest BCUT2D eigenvalue weighted by Crippen LogP contribution is -1.74. The van der Waals surface area contributed by atoms with Gasteiger partial charge in [0.25, 0.3) is 0 Å². The zero-order valence-electron chi connectivity index (χ0n) is 6.37. The first-order chi connectivity index (χ1) is 5.24. The van der Waals surface area contributed by atoms with E-state index in [-0.39, 0.29) is 0 Å². The van der Waals surface area contributed by atoms with E-state index in [1.54, 1.807) is 18.2 Å². The van der Waals surface area contributed by atoms with E-state index in [0.717, 1.165) is 11.1 Å². The van der Waals surface area contributed by atoms with Gasteiger partial charge in [-0.05, 0) is 29.8 Å². The van der Waals surface area contributed by atoms with Crippen LogP contribution in [0.25, 0.3) is 5.57 Å². The molecule has 0 bridgehead atoms. The maximum Gasteiger partial charge on any atom is 0.108 e. The molecule has 11 heavy (non-hydrogen) atoms. The SMILES string of the molecule is C=C(C)c1cccc(N=O)c1. The van der Waals surface area contributed by atoms with Crippen molar-refractivity contribution >= 4 is 11.3 Å². The predicted molar refractivity (Wildman–Crippen MR) is 46.6 cm³/mol. The molecule has 0 aliphatic heterocycles. The summed E-state index contributed by atoms with van der Waals surface area (Å²) in [7, 11) is 0. The van der Waals surface area contributed by atoms with Crippen LogP contribution in [0.4, 0.5) is 5.69 Å². The fourth-order valence-electron chi connectivity index (χ4n) is 0.828. The van der Waals surface area contributed by atoms with E-state index in [9.17, 15) is 4.91 Å². The highest BCUT2D eigenvalue weighted by molar-refractivity contribution is 5.64. The predicted octanol–water partition coefficient (Wildman–Crippen LogP) is 3.12. The Morgan fingerprint density at radius 2 is 2.27 bits per heavy atom. The van der Waals surface area contributed by atoms with E-state index in [0.29, 0.717) is 5.69 Å². The van der Waals surface area contributed by atoms with Crippen LogP contribution in [0.3, 0.4) is 0 Å². The zero-order chi connectivity index (χ0) is 8.27. The lowest BCUT2D eigenvalue weighted by molar-refractivity contribution is 1.47. The van der Waals surface area contributed by atoms with Gasteiger partial charge in [0.2, 0.25) is 0 Å². The summed E-state index contributed by atoms with van der Waals surface area (Å²) in [4.78, 5) is 10.1. The van der Waals surface area contributed by atoms with E-state index in [1.807, 2.05) is 13.0 Å². The highest BCUT2D eigenvalue weighted by atomic mass is 16.3. The van der Waals surface area contributed by atoms with Crippen LogP contribution in [-0.2, 0) is 0 Å². The van der Waals surface area contributed by atoms with Gasteiger partial charge in [-0.2, -0.15) is 0 Å². The molecule has 0 heterocycles. The van der Waals surface area contributed by atoms with Crippen LogP contribution >= 0.6 is 0 Å². The summed E-state index contributed by atoms with van der Waals surface area (Å²) < 4.78 is 0. The molecule has 0 aliphatic rings. The molecule has 0 saturated carbocycles. The van der Waals surface area contributed by atoms with Crippen LogP contribution in [0.15, 0.2) is 36.0 Å². The van der Waals surface area contributed by atoms with Crippen molar-refractivity contribution in [2.75, 3.05) is 0 Å². The molecule has 0 unspecified atom stereocenters. The van der Waals surface area contributed by atoms with Crippen LogP contribution in [0.2, 0.25) is 0 Å². The first kappa shape index (κ1) is 7.66. The Bertz CT molecular complexity index is 291. The molecule has 0 radical (unpaired) electrons. The van der Waals surface area contributed by atoms with Gasteiger partial charge in [0.15, 0.2) is 0 Å². The Hall–Kier alpha value is -1.44. The van der Waals surface area contributed by atoms with E-state index in [2.05, 4.69) is 11.8 Å². The number of nitrogens with zero attached hydrogens (tertiary/aromatic N) is 1. The summed E-state index contributed by atoms with van der Waals surface area (Å²) in [6.07, 6.45) is 0. The molecule has 0 aromatic heterocycles. The van der Waals surface area contributed by atoms with Crippen LogP contribution in [0.1, 0.15) is 12.5 Å². The number of hydrogen-bond donors (Lipinski definition) is 0. The van der Waals surface area contributed by atoms with Crippen molar-refractivity contribution in [2.24, 2.45) is 5.18 Å². The fourth-order valence-corrected chi connectivity index (χ4v) is 0.828. The smallest absolute Gasteiger partial charge is 0.108 e. The molecule has 56 valence electrons. The average molecular weight is 147 g/mol. The fraction of sp³-hybridized carbons (Fsp3) is 0.111. The molecule has 1 rings (SSSR count). The maximum absolute atomic E-state index is 10.1. The van der Waals surface area contributed by atoms with Crippen LogP contribution in [-0.4, -0.2) is 0 Å². The molecule has 1 aromatic rings. The third kappa shape index (κ3) is 1.74. The molecule has 0 N–H and O–H groups in total. The molecule has 2 nitrogen and oxygen atoms in total. The molecule has 0 amide bonds. The molecule has 0 atom stereocenters. The monoisotopic (exact) mass is 147 g/mol. The first-order valence-electron chi connectivity index (χ1n) is 3.33. The van der Waals surface area contributed by atoms with Gasteiger partial charge >= 0.3 is 0 Å². The summed E-state index contributed by atoms with van der Waals surface area (Å²) in [6, 6.07) is 7.08. The second-order valence-electron chi connectivity index (χ2n) is 2.42. The lowest BCUT2D eigenvalue weighted by atomic mass is 10.1. The summed E-state index contributed by atoms with van der Waals surface area (Å²) in [5, 5.41) is 2.82. The third-order valence-electron chi connectivity index (χ3n) is 1.44. The van der Waals surface area contributed by atoms with E-state index in [1.165, 1.54) is 0 Å². The number of allylic oxidation sites excluding steroid dienone is 1. The van der Waals surface area contributed by atoms with Gasteiger partial charge in [-0.1, -0.05) is 24.3 Å². The highest BCUT2D eigenvalue weighted by Gasteiger charge is 1.94. The Morgan fingerprint density at radius 3 is 2.82 bits per heavy atom. The second-order valence-corrected chi connectivity index (χ2v) is 2.42. The molecule has 2 heteroatoms. The molecule has 0 fully saturated rings. The van der Waals surface area contributed by atoms with Crippen molar-refractivity contribution in [1.82, 2.24) is 0 Å². The number of rotatable bonds is 2. The van der Waals surface area contributed by atoms with Gasteiger partial charge in [-0.15, -0.1) is 4.91 Å². The van der Waals surface area contributed by atoms with Gasteiger partial charge in [0.1, 0.15) is 5.69 Å². The molecular weight excluding hydrogens is 138 g/mol. The summed E-state index contributed by atoms with van der Waals surface area (Å²) in [5.41, 5.74) is 2.35. The van der Waals surface area contributed by atoms with Crippen molar-refractivity contribution < 1.29 is 0 Å². The highest BCUT2D eigenvalue weighted by Crippen LogP contribution is 2.18. The van der Waals surface area contributed by atoms with E-state index >= 15 is 0 Å².